The van der Waals surface area contributed by atoms with Crippen LogP contribution < -0.4 is 0 Å². The normalized spacial score (nSPS) is 14.3. The molecule has 0 aliphatic rings. The van der Waals surface area contributed by atoms with Crippen molar-refractivity contribution in [1.82, 2.24) is 0 Å². The maximum absolute atomic E-state index is 13.0. The maximum Gasteiger partial charge on any atom is 0.472 e. The first-order chi connectivity index (χ1) is 41.7. The summed E-state index contributed by atoms with van der Waals surface area (Å²) in [5.41, 5.74) is 0. The predicted octanol–water partition coefficient (Wildman–Crippen LogP) is 19.1. The molecule has 516 valence electrons. The Morgan fingerprint density at radius 2 is 0.529 bits per heavy atom. The van der Waals surface area contributed by atoms with Crippen LogP contribution in [0.15, 0.2) is 0 Å². The summed E-state index contributed by atoms with van der Waals surface area (Å²) in [5.74, 6) is 0.122. The predicted molar refractivity (Wildman–Crippen MR) is 349 cm³/mol. The van der Waals surface area contributed by atoms with Gasteiger partial charge in [-0.3, -0.25) is 37.3 Å². The van der Waals surface area contributed by atoms with E-state index in [0.717, 1.165) is 120 Å². The number of hydrogen-bond acceptors (Lipinski definition) is 15. The van der Waals surface area contributed by atoms with E-state index < -0.39 is 97.5 Å². The molecule has 87 heavy (non-hydrogen) atoms. The van der Waals surface area contributed by atoms with Crippen molar-refractivity contribution < 1.29 is 80.2 Å². The summed E-state index contributed by atoms with van der Waals surface area (Å²) in [6, 6.07) is 0. The lowest BCUT2D eigenvalue weighted by Crippen LogP contribution is -2.30. The fourth-order valence-electron chi connectivity index (χ4n) is 10.2. The van der Waals surface area contributed by atoms with E-state index in [2.05, 4.69) is 48.5 Å². The lowest BCUT2D eigenvalue weighted by Gasteiger charge is -2.21. The minimum atomic E-state index is -4.95. The molecule has 0 saturated heterocycles. The molecule has 0 aliphatic heterocycles. The van der Waals surface area contributed by atoms with Gasteiger partial charge in [0.25, 0.3) is 0 Å². The molecule has 0 spiro atoms. The minimum Gasteiger partial charge on any atom is -0.462 e. The van der Waals surface area contributed by atoms with Gasteiger partial charge in [-0.05, 0) is 43.4 Å². The molecule has 0 fully saturated rings. The molecule has 0 aliphatic carbocycles. The summed E-state index contributed by atoms with van der Waals surface area (Å²) in [6.45, 7) is 11.8. The first-order valence-corrected chi connectivity index (χ1v) is 38.3. The topological polar surface area (TPSA) is 237 Å². The van der Waals surface area contributed by atoms with Crippen molar-refractivity contribution in [1.29, 1.82) is 0 Å². The van der Waals surface area contributed by atoms with Gasteiger partial charge in [-0.2, -0.15) is 0 Å². The number of esters is 4. The Hall–Kier alpha value is -1.94. The van der Waals surface area contributed by atoms with Crippen LogP contribution in [0.2, 0.25) is 0 Å². The van der Waals surface area contributed by atoms with Crippen molar-refractivity contribution in [2.75, 3.05) is 39.6 Å². The zero-order chi connectivity index (χ0) is 64.5. The smallest absolute Gasteiger partial charge is 0.462 e. The van der Waals surface area contributed by atoms with Gasteiger partial charge in [-0.15, -0.1) is 0 Å². The van der Waals surface area contributed by atoms with Crippen LogP contribution in [0.1, 0.15) is 337 Å². The van der Waals surface area contributed by atoms with Gasteiger partial charge < -0.3 is 33.8 Å². The molecule has 0 rings (SSSR count). The second-order valence-corrected chi connectivity index (χ2v) is 28.9. The zero-order valence-electron chi connectivity index (χ0n) is 56.5. The number of ether oxygens (including phenoxy) is 4. The van der Waals surface area contributed by atoms with Crippen molar-refractivity contribution in [3.8, 4) is 0 Å². The van der Waals surface area contributed by atoms with E-state index in [1.807, 2.05) is 0 Å². The highest BCUT2D eigenvalue weighted by Gasteiger charge is 2.30. The standard InChI is InChI=1S/C68H132O17P2/c1-8-9-10-11-25-35-42-49-65(70)78-55-63(85-68(73)52-45-38-31-24-23-28-34-41-48-61(6)7)57-82-86(74,75)80-53-62(69)54-81-87(76,77)83-58-64(56-79-66(71)50-43-36-29-22-18-20-27-33-40-47-60(4)5)84-67(72)51-44-37-30-21-17-15-13-12-14-16-19-26-32-39-46-59(2)3/h59-64,69H,8-58H2,1-7H3,(H,74,75)(H,76,77)/t62-,63+,64+/m0/s1. The van der Waals surface area contributed by atoms with E-state index >= 15 is 0 Å². The lowest BCUT2D eigenvalue weighted by molar-refractivity contribution is -0.161. The Balaban J connectivity index is 5.20. The number of carbonyl (C=O) groups is 4. The molecule has 0 saturated carbocycles. The first-order valence-electron chi connectivity index (χ1n) is 35.3. The van der Waals surface area contributed by atoms with Gasteiger partial charge in [0.05, 0.1) is 26.4 Å². The van der Waals surface area contributed by atoms with Crippen LogP contribution in [-0.2, 0) is 65.4 Å². The van der Waals surface area contributed by atoms with Gasteiger partial charge in [-0.1, -0.05) is 286 Å². The van der Waals surface area contributed by atoms with Crippen molar-refractivity contribution in [3.05, 3.63) is 0 Å². The fourth-order valence-corrected chi connectivity index (χ4v) is 11.8. The number of unbranched alkanes of at least 4 members (excludes halogenated alkanes) is 34. The number of hydrogen-bond donors (Lipinski definition) is 3. The van der Waals surface area contributed by atoms with E-state index in [1.54, 1.807) is 0 Å². The number of aliphatic hydroxyl groups is 1. The van der Waals surface area contributed by atoms with Crippen LogP contribution in [0, 0.1) is 17.8 Å². The highest BCUT2D eigenvalue weighted by Crippen LogP contribution is 2.45. The highest BCUT2D eigenvalue weighted by atomic mass is 31.2. The number of carbonyl (C=O) groups excluding carboxylic acids is 4. The Labute approximate surface area is 530 Å². The van der Waals surface area contributed by atoms with Crippen molar-refractivity contribution in [2.45, 2.75) is 356 Å². The van der Waals surface area contributed by atoms with Crippen LogP contribution in [0.25, 0.3) is 0 Å². The molecule has 0 amide bonds. The average Bonchev–Trinajstić information content (AvgIpc) is 3.51. The van der Waals surface area contributed by atoms with Crippen molar-refractivity contribution in [2.24, 2.45) is 17.8 Å². The van der Waals surface area contributed by atoms with Crippen LogP contribution in [0.5, 0.6) is 0 Å². The van der Waals surface area contributed by atoms with Gasteiger partial charge in [0.1, 0.15) is 19.3 Å². The molecule has 19 heteroatoms. The van der Waals surface area contributed by atoms with E-state index in [1.165, 1.54) is 135 Å². The van der Waals surface area contributed by atoms with Gasteiger partial charge in [0.15, 0.2) is 12.2 Å². The zero-order valence-corrected chi connectivity index (χ0v) is 58.3. The van der Waals surface area contributed by atoms with Crippen LogP contribution in [-0.4, -0.2) is 96.7 Å². The highest BCUT2D eigenvalue weighted by molar-refractivity contribution is 7.47. The van der Waals surface area contributed by atoms with Crippen molar-refractivity contribution in [3.63, 3.8) is 0 Å². The Kier molecular flexibility index (Phi) is 57.8. The first kappa shape index (κ1) is 85.1. The Bertz CT molecular complexity index is 1720. The number of rotatable bonds is 66. The van der Waals surface area contributed by atoms with Crippen LogP contribution in [0.4, 0.5) is 0 Å². The molecule has 5 atom stereocenters. The maximum atomic E-state index is 13.0. The quantitative estimate of drug-likeness (QED) is 0.0222. The molecule has 0 aromatic rings. The molecular formula is C68H132O17P2. The molecular weight excluding hydrogens is 1150 g/mol. The van der Waals surface area contributed by atoms with Gasteiger partial charge in [0, 0.05) is 25.7 Å². The van der Waals surface area contributed by atoms with E-state index in [4.69, 9.17) is 37.0 Å². The molecule has 3 N–H and O–H groups in total. The molecule has 2 unspecified atom stereocenters. The van der Waals surface area contributed by atoms with E-state index in [9.17, 15) is 43.2 Å². The summed E-state index contributed by atoms with van der Waals surface area (Å²) in [5, 5.41) is 10.6. The third kappa shape index (κ3) is 62.6. The molecule has 0 radical (unpaired) electrons. The van der Waals surface area contributed by atoms with Crippen LogP contribution in [0.3, 0.4) is 0 Å². The van der Waals surface area contributed by atoms with E-state index in [0.29, 0.717) is 25.7 Å². The number of phosphoric ester groups is 2. The molecule has 0 heterocycles. The average molecular weight is 1280 g/mol. The molecule has 0 bridgehead atoms. The summed E-state index contributed by atoms with van der Waals surface area (Å²) < 4.78 is 68.1. The Morgan fingerprint density at radius 1 is 0.310 bits per heavy atom. The SMILES string of the molecule is CCCCCCCCCC(=O)OC[C@H](COP(=O)(O)OC[C@H](O)COP(=O)(O)OC[C@@H](COC(=O)CCCCCCCCCCCC(C)C)OC(=O)CCCCCCCCCCCCCCCCC(C)C)OC(=O)CCCCCCCCCCC(C)C. The van der Waals surface area contributed by atoms with E-state index in [-0.39, 0.29) is 25.7 Å². The summed E-state index contributed by atoms with van der Waals surface area (Å²) in [6.07, 6.45) is 41.9. The van der Waals surface area contributed by atoms with Gasteiger partial charge in [0.2, 0.25) is 0 Å². The summed E-state index contributed by atoms with van der Waals surface area (Å²) in [4.78, 5) is 72.3. The van der Waals surface area contributed by atoms with Gasteiger partial charge >= 0.3 is 39.5 Å². The lowest BCUT2D eigenvalue weighted by atomic mass is 10.0. The van der Waals surface area contributed by atoms with Crippen molar-refractivity contribution >= 4 is 39.5 Å². The second kappa shape index (κ2) is 59.1. The summed E-state index contributed by atoms with van der Waals surface area (Å²) >= 11 is 0. The number of phosphoric acid groups is 2. The Morgan fingerprint density at radius 3 is 0.782 bits per heavy atom. The second-order valence-electron chi connectivity index (χ2n) is 26.0. The summed E-state index contributed by atoms with van der Waals surface area (Å²) in [7, 11) is -9.89. The fraction of sp³-hybridized carbons (Fsp3) is 0.941. The van der Waals surface area contributed by atoms with Crippen LogP contribution >= 0.6 is 15.6 Å². The monoisotopic (exact) mass is 1280 g/mol. The van der Waals surface area contributed by atoms with Gasteiger partial charge in [-0.25, -0.2) is 9.13 Å². The largest absolute Gasteiger partial charge is 0.472 e. The third-order valence-electron chi connectivity index (χ3n) is 15.6. The molecule has 0 aromatic heterocycles. The molecule has 0 aromatic carbocycles. The third-order valence-corrected chi connectivity index (χ3v) is 17.5. The number of aliphatic hydroxyl groups excluding tert-OH is 1. The minimum absolute atomic E-state index is 0.104. The molecule has 17 nitrogen and oxygen atoms in total.